The molecule has 5 heteroatoms. The number of hydrogen-bond acceptors (Lipinski definition) is 4. The SMILES string of the molecule is C[C@@H]1CCc2ncnc(N3CC4(CCNC4c4ccccc4)c4cc(Cl)ccc43)c21. The first kappa shape index (κ1) is 18.3. The van der Waals surface area contributed by atoms with E-state index in [0.29, 0.717) is 5.92 Å². The molecule has 4 nitrogen and oxygen atoms in total. The Bertz CT molecular complexity index is 1120. The van der Waals surface area contributed by atoms with Crippen molar-refractivity contribution < 1.29 is 0 Å². The number of nitrogens with zero attached hydrogens (tertiary/aromatic N) is 3. The summed E-state index contributed by atoms with van der Waals surface area (Å²) in [6, 6.07) is 17.5. The summed E-state index contributed by atoms with van der Waals surface area (Å²) in [5, 5.41) is 4.60. The van der Waals surface area contributed by atoms with Crippen molar-refractivity contribution in [2.45, 2.75) is 43.6 Å². The van der Waals surface area contributed by atoms with Gasteiger partial charge in [0.05, 0.1) is 0 Å². The second kappa shape index (κ2) is 6.79. The molecule has 30 heavy (non-hydrogen) atoms. The molecule has 2 aliphatic heterocycles. The molecule has 6 rings (SSSR count). The number of hydrogen-bond donors (Lipinski definition) is 1. The van der Waals surface area contributed by atoms with Gasteiger partial charge in [0.15, 0.2) is 0 Å². The lowest BCUT2D eigenvalue weighted by atomic mass is 9.73. The minimum absolute atomic E-state index is 0.0265. The zero-order valence-electron chi connectivity index (χ0n) is 17.1. The maximum Gasteiger partial charge on any atom is 0.140 e. The maximum atomic E-state index is 6.52. The van der Waals surface area contributed by atoms with Gasteiger partial charge in [-0.05, 0) is 61.1 Å². The summed E-state index contributed by atoms with van der Waals surface area (Å²) in [6.45, 7) is 4.21. The topological polar surface area (TPSA) is 41.1 Å². The number of halogens is 1. The van der Waals surface area contributed by atoms with E-state index in [9.17, 15) is 0 Å². The zero-order valence-corrected chi connectivity index (χ0v) is 17.9. The summed E-state index contributed by atoms with van der Waals surface area (Å²) >= 11 is 6.52. The molecule has 0 radical (unpaired) electrons. The van der Waals surface area contributed by atoms with Crippen molar-refractivity contribution in [2.24, 2.45) is 0 Å². The number of aryl methyl sites for hydroxylation is 1. The predicted molar refractivity (Wildman–Crippen MR) is 121 cm³/mol. The van der Waals surface area contributed by atoms with Crippen LogP contribution >= 0.6 is 11.6 Å². The Labute approximate surface area is 182 Å². The van der Waals surface area contributed by atoms with Gasteiger partial charge in [-0.15, -0.1) is 0 Å². The van der Waals surface area contributed by atoms with Crippen molar-refractivity contribution in [1.29, 1.82) is 0 Å². The van der Waals surface area contributed by atoms with Crippen LogP contribution in [0.3, 0.4) is 0 Å². The molecule has 3 heterocycles. The lowest BCUT2D eigenvalue weighted by Crippen LogP contribution is -2.37. The Hall–Kier alpha value is -2.43. The van der Waals surface area contributed by atoms with Gasteiger partial charge < -0.3 is 10.2 Å². The van der Waals surface area contributed by atoms with Crippen LogP contribution in [0.2, 0.25) is 5.02 Å². The minimum Gasteiger partial charge on any atom is -0.325 e. The van der Waals surface area contributed by atoms with Crippen LogP contribution in [0.5, 0.6) is 0 Å². The van der Waals surface area contributed by atoms with Crippen molar-refractivity contribution in [3.8, 4) is 0 Å². The summed E-state index contributed by atoms with van der Waals surface area (Å²) in [7, 11) is 0. The second-order valence-electron chi connectivity index (χ2n) is 8.95. The quantitative estimate of drug-likeness (QED) is 0.615. The van der Waals surface area contributed by atoms with Gasteiger partial charge in [-0.3, -0.25) is 0 Å². The largest absolute Gasteiger partial charge is 0.325 e. The van der Waals surface area contributed by atoms with Crippen LogP contribution in [0.25, 0.3) is 0 Å². The smallest absolute Gasteiger partial charge is 0.140 e. The monoisotopic (exact) mass is 416 g/mol. The Morgan fingerprint density at radius 2 is 2.00 bits per heavy atom. The van der Waals surface area contributed by atoms with Crippen LogP contribution in [0.4, 0.5) is 11.5 Å². The molecule has 1 spiro atoms. The van der Waals surface area contributed by atoms with E-state index in [0.717, 1.165) is 43.2 Å². The Balaban J connectivity index is 1.53. The summed E-state index contributed by atoms with van der Waals surface area (Å²) in [5.74, 6) is 1.58. The molecule has 1 fully saturated rings. The van der Waals surface area contributed by atoms with Crippen LogP contribution < -0.4 is 10.2 Å². The molecule has 2 aromatic carbocycles. The van der Waals surface area contributed by atoms with E-state index in [2.05, 4.69) is 64.6 Å². The van der Waals surface area contributed by atoms with E-state index >= 15 is 0 Å². The maximum absolute atomic E-state index is 6.52. The van der Waals surface area contributed by atoms with Crippen molar-refractivity contribution in [2.75, 3.05) is 18.0 Å². The Morgan fingerprint density at radius 1 is 1.13 bits per heavy atom. The van der Waals surface area contributed by atoms with Crippen LogP contribution in [0, 0.1) is 0 Å². The molecule has 152 valence electrons. The van der Waals surface area contributed by atoms with Gasteiger partial charge in [-0.1, -0.05) is 48.9 Å². The molecule has 3 aromatic rings. The molecule has 1 N–H and O–H groups in total. The Kier molecular flexibility index (Phi) is 4.15. The molecule has 1 saturated heterocycles. The standard InChI is InChI=1S/C25H25ClN4/c1-16-7-9-20-22(16)24(29-15-28-20)30-14-25(19-13-18(26)8-10-21(19)30)11-12-27-23(25)17-5-3-2-4-6-17/h2-6,8,10,13,15-16,23,27H,7,9,11-12,14H2,1H3/t16-,23?,25?/m1/s1. The molecule has 0 amide bonds. The van der Waals surface area contributed by atoms with Gasteiger partial charge in [0.2, 0.25) is 0 Å². The fourth-order valence-corrected chi connectivity index (χ4v) is 6.12. The molecular formula is C25H25ClN4. The molecule has 3 atom stereocenters. The lowest BCUT2D eigenvalue weighted by molar-refractivity contribution is 0.404. The third-order valence-corrected chi connectivity index (χ3v) is 7.57. The van der Waals surface area contributed by atoms with Crippen LogP contribution in [-0.2, 0) is 11.8 Å². The molecule has 2 unspecified atom stereocenters. The van der Waals surface area contributed by atoms with Crippen LogP contribution in [0.1, 0.15) is 54.1 Å². The summed E-state index contributed by atoms with van der Waals surface area (Å²) in [5.41, 5.74) is 6.44. The van der Waals surface area contributed by atoms with E-state index < -0.39 is 0 Å². The first-order chi connectivity index (χ1) is 14.7. The summed E-state index contributed by atoms with van der Waals surface area (Å²) in [6.07, 6.45) is 5.03. The third-order valence-electron chi connectivity index (χ3n) is 7.34. The number of fused-ring (bicyclic) bond motifs is 3. The van der Waals surface area contributed by atoms with Crippen molar-refractivity contribution >= 4 is 23.1 Å². The molecule has 3 aliphatic rings. The van der Waals surface area contributed by atoms with E-state index in [1.165, 1.54) is 28.1 Å². The number of benzene rings is 2. The number of rotatable bonds is 2. The highest BCUT2D eigenvalue weighted by Crippen LogP contribution is 2.55. The van der Waals surface area contributed by atoms with Crippen molar-refractivity contribution in [3.05, 3.63) is 82.3 Å². The average molecular weight is 417 g/mol. The van der Waals surface area contributed by atoms with Gasteiger partial charge in [-0.25, -0.2) is 9.97 Å². The normalized spacial score (nSPS) is 26.9. The Morgan fingerprint density at radius 3 is 2.87 bits per heavy atom. The van der Waals surface area contributed by atoms with Gasteiger partial charge in [0, 0.05) is 40.0 Å². The van der Waals surface area contributed by atoms with Crippen LogP contribution in [0.15, 0.2) is 54.9 Å². The average Bonchev–Trinajstić information content (AvgIpc) is 3.46. The number of aromatic nitrogens is 2. The molecular weight excluding hydrogens is 392 g/mol. The van der Waals surface area contributed by atoms with Gasteiger partial charge in [0.25, 0.3) is 0 Å². The van der Waals surface area contributed by atoms with Crippen LogP contribution in [-0.4, -0.2) is 23.1 Å². The van der Waals surface area contributed by atoms with E-state index in [1.54, 1.807) is 6.33 Å². The first-order valence-electron chi connectivity index (χ1n) is 10.9. The fraction of sp³-hybridized carbons (Fsp3) is 0.360. The zero-order chi connectivity index (χ0) is 20.3. The van der Waals surface area contributed by atoms with Crippen molar-refractivity contribution in [1.82, 2.24) is 15.3 Å². The minimum atomic E-state index is -0.0265. The van der Waals surface area contributed by atoms with Gasteiger partial charge in [0.1, 0.15) is 12.1 Å². The lowest BCUT2D eigenvalue weighted by Gasteiger charge is -2.33. The van der Waals surface area contributed by atoms with E-state index in [-0.39, 0.29) is 11.5 Å². The molecule has 0 saturated carbocycles. The summed E-state index contributed by atoms with van der Waals surface area (Å²) < 4.78 is 0. The fourth-order valence-electron chi connectivity index (χ4n) is 5.94. The van der Waals surface area contributed by atoms with Gasteiger partial charge in [-0.2, -0.15) is 0 Å². The highest BCUT2D eigenvalue weighted by atomic mass is 35.5. The second-order valence-corrected chi connectivity index (χ2v) is 9.39. The van der Waals surface area contributed by atoms with E-state index in [4.69, 9.17) is 16.6 Å². The first-order valence-corrected chi connectivity index (χ1v) is 11.2. The molecule has 0 bridgehead atoms. The van der Waals surface area contributed by atoms with Crippen molar-refractivity contribution in [3.63, 3.8) is 0 Å². The van der Waals surface area contributed by atoms with E-state index in [1.807, 2.05) is 6.07 Å². The molecule has 1 aromatic heterocycles. The number of nitrogens with one attached hydrogen (secondary N) is 1. The molecule has 1 aliphatic carbocycles. The third kappa shape index (κ3) is 2.57. The summed E-state index contributed by atoms with van der Waals surface area (Å²) in [4.78, 5) is 11.9. The van der Waals surface area contributed by atoms with Gasteiger partial charge >= 0.3 is 0 Å². The number of anilines is 2. The predicted octanol–water partition coefficient (Wildman–Crippen LogP) is 5.30. The highest BCUT2D eigenvalue weighted by Gasteiger charge is 2.52. The highest BCUT2D eigenvalue weighted by molar-refractivity contribution is 6.30.